The minimum Gasteiger partial charge on any atom is -0.508 e. The van der Waals surface area contributed by atoms with Crippen LogP contribution in [0.15, 0.2) is 48.5 Å². The van der Waals surface area contributed by atoms with Crippen LogP contribution in [0, 0.1) is 5.92 Å². The number of hydrogen-bond donors (Lipinski definition) is 1. The zero-order valence-corrected chi connectivity index (χ0v) is 16.9. The van der Waals surface area contributed by atoms with Crippen molar-refractivity contribution in [2.45, 2.75) is 32.2 Å². The molecular weight excluding hydrogens is 380 g/mol. The number of hydrogen-bond acceptors (Lipinski definition) is 4. The Morgan fingerprint density at radius 2 is 1.53 bits per heavy atom. The molecular formula is C24H26N2O4. The van der Waals surface area contributed by atoms with Gasteiger partial charge in [-0.2, -0.15) is 0 Å². The third kappa shape index (κ3) is 4.37. The topological polar surface area (TPSA) is 77.9 Å². The van der Waals surface area contributed by atoms with Gasteiger partial charge in [-0.05, 0) is 61.2 Å². The highest BCUT2D eigenvalue weighted by Crippen LogP contribution is 2.24. The lowest BCUT2D eigenvalue weighted by Gasteiger charge is -2.31. The van der Waals surface area contributed by atoms with Crippen LogP contribution >= 0.6 is 0 Å². The van der Waals surface area contributed by atoms with Crippen molar-refractivity contribution in [2.24, 2.45) is 5.92 Å². The molecule has 2 aliphatic rings. The maximum absolute atomic E-state index is 12.8. The molecule has 2 aliphatic heterocycles. The summed E-state index contributed by atoms with van der Waals surface area (Å²) >= 11 is 0. The SMILES string of the molecule is O=C(c1ccc(O)cc1)C1CCN(C(=O)c2ccc(CN3CCCC3=O)cc2)CC1. The van der Waals surface area contributed by atoms with Gasteiger partial charge in [0.2, 0.25) is 5.91 Å². The normalized spacial score (nSPS) is 17.4. The number of nitrogens with zero attached hydrogens (tertiary/aromatic N) is 2. The molecule has 6 nitrogen and oxygen atoms in total. The van der Waals surface area contributed by atoms with Gasteiger partial charge < -0.3 is 14.9 Å². The van der Waals surface area contributed by atoms with Gasteiger partial charge in [-0.3, -0.25) is 14.4 Å². The van der Waals surface area contributed by atoms with Gasteiger partial charge in [0.15, 0.2) is 5.78 Å². The van der Waals surface area contributed by atoms with E-state index in [1.165, 1.54) is 12.1 Å². The van der Waals surface area contributed by atoms with Gasteiger partial charge in [-0.1, -0.05) is 12.1 Å². The number of rotatable bonds is 5. The first-order valence-electron chi connectivity index (χ1n) is 10.5. The fourth-order valence-corrected chi connectivity index (χ4v) is 4.23. The van der Waals surface area contributed by atoms with Gasteiger partial charge in [0.25, 0.3) is 5.91 Å². The second kappa shape index (κ2) is 8.69. The molecule has 2 fully saturated rings. The zero-order chi connectivity index (χ0) is 21.1. The van der Waals surface area contributed by atoms with Gasteiger partial charge in [0, 0.05) is 49.6 Å². The van der Waals surface area contributed by atoms with Crippen LogP contribution in [0.4, 0.5) is 0 Å². The molecule has 156 valence electrons. The fourth-order valence-electron chi connectivity index (χ4n) is 4.23. The molecule has 2 saturated heterocycles. The van der Waals surface area contributed by atoms with Crippen LogP contribution < -0.4 is 0 Å². The summed E-state index contributed by atoms with van der Waals surface area (Å²) in [5, 5.41) is 9.38. The van der Waals surface area contributed by atoms with E-state index in [1.54, 1.807) is 17.0 Å². The second-order valence-electron chi connectivity index (χ2n) is 8.09. The van der Waals surface area contributed by atoms with Gasteiger partial charge in [-0.25, -0.2) is 0 Å². The number of benzene rings is 2. The average molecular weight is 406 g/mol. The lowest BCUT2D eigenvalue weighted by molar-refractivity contribution is -0.128. The molecule has 0 unspecified atom stereocenters. The first-order chi connectivity index (χ1) is 14.5. The highest BCUT2D eigenvalue weighted by atomic mass is 16.3. The third-order valence-electron chi connectivity index (χ3n) is 6.05. The molecule has 2 aromatic rings. The van der Waals surface area contributed by atoms with Crippen molar-refractivity contribution in [1.29, 1.82) is 0 Å². The van der Waals surface area contributed by atoms with Gasteiger partial charge >= 0.3 is 0 Å². The number of phenols is 1. The highest BCUT2D eigenvalue weighted by Gasteiger charge is 2.28. The second-order valence-corrected chi connectivity index (χ2v) is 8.09. The predicted molar refractivity (Wildman–Crippen MR) is 112 cm³/mol. The molecule has 6 heteroatoms. The van der Waals surface area contributed by atoms with Crippen LogP contribution in [-0.2, 0) is 11.3 Å². The summed E-state index contributed by atoms with van der Waals surface area (Å²) in [6, 6.07) is 13.8. The molecule has 2 heterocycles. The maximum atomic E-state index is 12.8. The van der Waals surface area contributed by atoms with Crippen LogP contribution in [0.25, 0.3) is 0 Å². The Kier molecular flexibility index (Phi) is 5.84. The van der Waals surface area contributed by atoms with E-state index in [0.29, 0.717) is 50.0 Å². The quantitative estimate of drug-likeness (QED) is 0.774. The Bertz CT molecular complexity index is 929. The van der Waals surface area contributed by atoms with E-state index in [9.17, 15) is 19.5 Å². The summed E-state index contributed by atoms with van der Waals surface area (Å²) in [6.07, 6.45) is 2.82. The Hall–Kier alpha value is -3.15. The lowest BCUT2D eigenvalue weighted by Crippen LogP contribution is -2.40. The smallest absolute Gasteiger partial charge is 0.253 e. The summed E-state index contributed by atoms with van der Waals surface area (Å²) in [7, 11) is 0. The van der Waals surface area contributed by atoms with Crippen LogP contribution in [-0.4, -0.2) is 52.1 Å². The summed E-state index contributed by atoms with van der Waals surface area (Å²) in [6.45, 7) is 2.50. The highest BCUT2D eigenvalue weighted by molar-refractivity contribution is 5.98. The molecule has 30 heavy (non-hydrogen) atoms. The summed E-state index contributed by atoms with van der Waals surface area (Å²) in [5.74, 6) is 0.293. The van der Waals surface area contributed by atoms with Crippen molar-refractivity contribution >= 4 is 17.6 Å². The Morgan fingerprint density at radius 1 is 0.900 bits per heavy atom. The molecule has 0 aromatic heterocycles. The number of carbonyl (C=O) groups is 3. The summed E-state index contributed by atoms with van der Waals surface area (Å²) < 4.78 is 0. The largest absolute Gasteiger partial charge is 0.508 e. The summed E-state index contributed by atoms with van der Waals surface area (Å²) in [4.78, 5) is 40.9. The number of aromatic hydroxyl groups is 1. The van der Waals surface area contributed by atoms with Crippen molar-refractivity contribution in [1.82, 2.24) is 9.80 Å². The Labute approximate surface area is 176 Å². The molecule has 1 N–H and O–H groups in total. The zero-order valence-electron chi connectivity index (χ0n) is 16.9. The first-order valence-corrected chi connectivity index (χ1v) is 10.5. The van der Waals surface area contributed by atoms with Gasteiger partial charge in [0.05, 0.1) is 0 Å². The molecule has 0 bridgehead atoms. The first kappa shape index (κ1) is 20.1. The van der Waals surface area contributed by atoms with E-state index in [2.05, 4.69) is 0 Å². The molecule has 0 atom stereocenters. The number of likely N-dealkylation sites (tertiary alicyclic amines) is 2. The minimum absolute atomic E-state index is 0.0191. The lowest BCUT2D eigenvalue weighted by atomic mass is 9.88. The number of carbonyl (C=O) groups excluding carboxylic acids is 3. The van der Waals surface area contributed by atoms with E-state index in [4.69, 9.17) is 0 Å². The molecule has 0 aliphatic carbocycles. The number of Topliss-reactive ketones (excluding diaryl/α,β-unsaturated/α-hetero) is 1. The molecule has 2 aromatic carbocycles. The van der Waals surface area contributed by atoms with Crippen LogP contribution in [0.2, 0.25) is 0 Å². The van der Waals surface area contributed by atoms with Crippen molar-refractivity contribution in [2.75, 3.05) is 19.6 Å². The number of ketones is 1. The van der Waals surface area contributed by atoms with E-state index in [1.807, 2.05) is 29.2 Å². The Morgan fingerprint density at radius 3 is 2.13 bits per heavy atom. The van der Waals surface area contributed by atoms with Crippen molar-refractivity contribution in [3.05, 3.63) is 65.2 Å². The Balaban J connectivity index is 1.32. The molecule has 0 spiro atoms. The molecule has 0 radical (unpaired) electrons. The van der Waals surface area contributed by atoms with Crippen LogP contribution in [0.5, 0.6) is 5.75 Å². The monoisotopic (exact) mass is 406 g/mol. The molecule has 0 saturated carbocycles. The van der Waals surface area contributed by atoms with Crippen molar-refractivity contribution in [3.8, 4) is 5.75 Å². The van der Waals surface area contributed by atoms with Gasteiger partial charge in [0.1, 0.15) is 5.75 Å². The van der Waals surface area contributed by atoms with E-state index in [0.717, 1.165) is 18.5 Å². The van der Waals surface area contributed by atoms with E-state index < -0.39 is 0 Å². The third-order valence-corrected chi connectivity index (χ3v) is 6.05. The molecule has 4 rings (SSSR count). The average Bonchev–Trinajstić information content (AvgIpc) is 3.18. The minimum atomic E-state index is -0.0982. The van der Waals surface area contributed by atoms with Gasteiger partial charge in [-0.15, -0.1) is 0 Å². The fraction of sp³-hybridized carbons (Fsp3) is 0.375. The van der Waals surface area contributed by atoms with E-state index >= 15 is 0 Å². The standard InChI is InChI=1S/C24H26N2O4/c27-21-9-7-18(8-10-21)23(29)19-11-14-25(15-12-19)24(30)20-5-3-17(4-6-20)16-26-13-1-2-22(26)28/h3-10,19,27H,1-2,11-16H2. The van der Waals surface area contributed by atoms with E-state index in [-0.39, 0.29) is 29.3 Å². The maximum Gasteiger partial charge on any atom is 0.253 e. The number of phenolic OH excluding ortho intramolecular Hbond substituents is 1. The van der Waals surface area contributed by atoms with Crippen LogP contribution in [0.1, 0.15) is 52.0 Å². The number of piperidine rings is 1. The predicted octanol–water partition coefficient (Wildman–Crippen LogP) is 3.25. The molecule has 2 amide bonds. The van der Waals surface area contributed by atoms with Crippen molar-refractivity contribution in [3.63, 3.8) is 0 Å². The summed E-state index contributed by atoms with van der Waals surface area (Å²) in [5.41, 5.74) is 2.26. The number of amides is 2. The van der Waals surface area contributed by atoms with Crippen LogP contribution in [0.3, 0.4) is 0 Å². The van der Waals surface area contributed by atoms with Crippen molar-refractivity contribution < 1.29 is 19.5 Å².